The van der Waals surface area contributed by atoms with Crippen LogP contribution in [0.1, 0.15) is 74.5 Å². The molecule has 1 unspecified atom stereocenters. The number of benzene rings is 2. The van der Waals surface area contributed by atoms with Crippen LogP contribution in [0, 0.1) is 6.92 Å². The third kappa shape index (κ3) is 6.49. The number of phenolic OH excluding ortho intramolecular Hbond substituents is 1. The van der Waals surface area contributed by atoms with Crippen molar-refractivity contribution in [2.45, 2.75) is 64.7 Å². The number of hydrogen-bond acceptors (Lipinski definition) is 1. The van der Waals surface area contributed by atoms with Gasteiger partial charge >= 0.3 is 0 Å². The summed E-state index contributed by atoms with van der Waals surface area (Å²) in [4.78, 5) is 0. The van der Waals surface area contributed by atoms with Crippen LogP contribution in [0.4, 0.5) is 0 Å². The van der Waals surface area contributed by atoms with E-state index >= 15 is 0 Å². The van der Waals surface area contributed by atoms with Gasteiger partial charge in [-0.2, -0.15) is 0 Å². The van der Waals surface area contributed by atoms with E-state index in [0.717, 1.165) is 12.0 Å². The first-order valence-corrected chi connectivity index (χ1v) is 11.3. The van der Waals surface area contributed by atoms with Gasteiger partial charge in [0.1, 0.15) is 5.75 Å². The Morgan fingerprint density at radius 2 is 1.66 bits per heavy atom. The molecular formula is C26H38ClNO. The topological polar surface area (TPSA) is 20.2 Å². The van der Waals surface area contributed by atoms with Crippen molar-refractivity contribution in [1.82, 2.24) is 0 Å². The predicted octanol–water partition coefficient (Wildman–Crippen LogP) is 3.42. The van der Waals surface area contributed by atoms with Crippen molar-refractivity contribution in [2.24, 2.45) is 0 Å². The maximum atomic E-state index is 10.6. The molecular weight excluding hydrogens is 378 g/mol. The Kier molecular flexibility index (Phi) is 9.52. The maximum Gasteiger partial charge on any atom is 0.119 e. The monoisotopic (exact) mass is 415 g/mol. The van der Waals surface area contributed by atoms with Crippen LogP contribution in [0.25, 0.3) is 0 Å². The minimum atomic E-state index is 0. The number of piperidine rings is 1. The van der Waals surface area contributed by atoms with E-state index in [2.05, 4.69) is 50.2 Å². The quantitative estimate of drug-likeness (QED) is 0.491. The number of unbranched alkanes of at least 4 members (excludes halogenated alkanes) is 2. The Morgan fingerprint density at radius 1 is 0.931 bits per heavy atom. The van der Waals surface area contributed by atoms with Crippen LogP contribution < -0.4 is 12.4 Å². The number of phenols is 1. The fourth-order valence-corrected chi connectivity index (χ4v) is 4.98. The second kappa shape index (κ2) is 11.6. The number of rotatable bonds is 9. The molecule has 0 radical (unpaired) electrons. The lowest BCUT2D eigenvalue weighted by Gasteiger charge is -2.42. The van der Waals surface area contributed by atoms with Crippen LogP contribution in [0.3, 0.4) is 0 Å². The van der Waals surface area contributed by atoms with Gasteiger partial charge in [-0.25, -0.2) is 0 Å². The summed E-state index contributed by atoms with van der Waals surface area (Å²) in [6.07, 6.45) is 9.24. The smallest absolute Gasteiger partial charge is 0.119 e. The average molecular weight is 416 g/mol. The lowest BCUT2D eigenvalue weighted by Crippen LogP contribution is -3.00. The summed E-state index contributed by atoms with van der Waals surface area (Å²) in [5.41, 5.74) is 3.64. The fourth-order valence-electron chi connectivity index (χ4n) is 4.98. The van der Waals surface area contributed by atoms with Gasteiger partial charge in [0.15, 0.2) is 0 Å². The second-order valence-corrected chi connectivity index (χ2v) is 8.82. The summed E-state index contributed by atoms with van der Waals surface area (Å²) in [6, 6.07) is 16.8. The van der Waals surface area contributed by atoms with Gasteiger partial charge in [-0.1, -0.05) is 61.4 Å². The van der Waals surface area contributed by atoms with Crippen molar-refractivity contribution in [1.29, 1.82) is 0 Å². The minimum absolute atomic E-state index is 0. The summed E-state index contributed by atoms with van der Waals surface area (Å²) in [5.74, 6) is 0.708. The highest BCUT2D eigenvalue weighted by molar-refractivity contribution is 5.43. The minimum Gasteiger partial charge on any atom is -1.00 e. The van der Waals surface area contributed by atoms with Crippen molar-refractivity contribution in [2.75, 3.05) is 26.2 Å². The average Bonchev–Trinajstić information content (AvgIpc) is 2.72. The van der Waals surface area contributed by atoms with Crippen LogP contribution in [0.15, 0.2) is 48.5 Å². The first-order chi connectivity index (χ1) is 13.6. The summed E-state index contributed by atoms with van der Waals surface area (Å²) in [6.45, 7) is 9.64. The van der Waals surface area contributed by atoms with Gasteiger partial charge in [-0.05, 0) is 50.7 Å². The molecule has 0 bridgehead atoms. The molecule has 3 heteroatoms. The zero-order valence-corrected chi connectivity index (χ0v) is 19.0. The van der Waals surface area contributed by atoms with E-state index in [-0.39, 0.29) is 18.3 Å². The van der Waals surface area contributed by atoms with E-state index < -0.39 is 0 Å². The molecule has 2 aromatic carbocycles. The molecule has 1 heterocycles. The van der Waals surface area contributed by atoms with Crippen LogP contribution in [0.5, 0.6) is 5.75 Å². The molecule has 0 amide bonds. The first kappa shape index (κ1) is 23.8. The van der Waals surface area contributed by atoms with Crippen molar-refractivity contribution < 1.29 is 22.0 Å². The largest absolute Gasteiger partial charge is 1.00 e. The highest BCUT2D eigenvalue weighted by Gasteiger charge is 2.31. The lowest BCUT2D eigenvalue weighted by atomic mass is 9.86. The molecule has 29 heavy (non-hydrogen) atoms. The normalized spacial score (nSPS) is 16.8. The number of nitrogens with zero attached hydrogens (tertiary/aromatic N) is 1. The zero-order valence-electron chi connectivity index (χ0n) is 18.2. The molecule has 3 rings (SSSR count). The lowest BCUT2D eigenvalue weighted by molar-refractivity contribution is -0.933. The van der Waals surface area contributed by atoms with Gasteiger partial charge in [0.2, 0.25) is 0 Å². The number of hydrogen-bond donors (Lipinski definition) is 1. The van der Waals surface area contributed by atoms with Crippen LogP contribution in [-0.4, -0.2) is 35.8 Å². The van der Waals surface area contributed by atoms with Crippen LogP contribution in [0.2, 0.25) is 0 Å². The standard InChI is InChI=1S/C26H37NO.ClH/c1-3-4-9-17-27(18-10-6-11-19-27)20-16-24(23-12-7-5-8-13-23)25-21-22(2)14-15-26(25)28;/h5,7-8,12-15,21,24H,3-4,6,9-11,16-20H2,1-2H3;1H. The van der Waals surface area contributed by atoms with E-state index in [4.69, 9.17) is 0 Å². The van der Waals surface area contributed by atoms with Crippen LogP contribution >= 0.6 is 0 Å². The van der Waals surface area contributed by atoms with Gasteiger partial charge in [0.05, 0.1) is 26.2 Å². The zero-order chi connectivity index (χ0) is 19.8. The summed E-state index contributed by atoms with van der Waals surface area (Å²) < 4.78 is 1.29. The van der Waals surface area contributed by atoms with Gasteiger partial charge in [0.25, 0.3) is 0 Å². The summed E-state index contributed by atoms with van der Waals surface area (Å²) in [7, 11) is 0. The molecule has 2 aromatic rings. The Balaban J connectivity index is 0.00000300. The Hall–Kier alpha value is -1.51. The Bertz CT molecular complexity index is 725. The summed E-state index contributed by atoms with van der Waals surface area (Å²) in [5, 5.41) is 10.6. The highest BCUT2D eigenvalue weighted by Crippen LogP contribution is 2.36. The second-order valence-electron chi connectivity index (χ2n) is 8.82. The molecule has 0 spiro atoms. The van der Waals surface area contributed by atoms with E-state index in [1.165, 1.54) is 80.3 Å². The van der Waals surface area contributed by atoms with E-state index in [1.54, 1.807) is 0 Å². The Labute approximate surface area is 184 Å². The third-order valence-electron chi connectivity index (χ3n) is 6.65. The number of likely N-dealkylation sites (tertiary alicyclic amines) is 1. The molecule has 160 valence electrons. The summed E-state index contributed by atoms with van der Waals surface area (Å²) >= 11 is 0. The van der Waals surface area contributed by atoms with Crippen molar-refractivity contribution in [3.8, 4) is 5.75 Å². The number of aryl methyl sites for hydroxylation is 1. The van der Waals surface area contributed by atoms with Crippen LogP contribution in [-0.2, 0) is 0 Å². The molecule has 1 N–H and O–H groups in total. The molecule has 1 aliphatic rings. The van der Waals surface area contributed by atoms with Gasteiger partial charge in [-0.3, -0.25) is 0 Å². The molecule has 0 aliphatic carbocycles. The van der Waals surface area contributed by atoms with Gasteiger partial charge in [0, 0.05) is 17.9 Å². The van der Waals surface area contributed by atoms with E-state index in [9.17, 15) is 5.11 Å². The predicted molar refractivity (Wildman–Crippen MR) is 119 cm³/mol. The SMILES string of the molecule is CCCCC[N+]1(CCC(c2ccccc2)c2cc(C)ccc2O)CCCCC1.[Cl-]. The molecule has 1 atom stereocenters. The van der Waals surface area contributed by atoms with E-state index in [0.29, 0.717) is 5.75 Å². The number of aromatic hydroxyl groups is 1. The molecule has 1 fully saturated rings. The number of quaternary nitrogens is 1. The number of halogens is 1. The first-order valence-electron chi connectivity index (χ1n) is 11.3. The highest BCUT2D eigenvalue weighted by atomic mass is 35.5. The Morgan fingerprint density at radius 3 is 2.34 bits per heavy atom. The van der Waals surface area contributed by atoms with Gasteiger partial charge < -0.3 is 22.0 Å². The van der Waals surface area contributed by atoms with E-state index in [1.807, 2.05) is 12.1 Å². The molecule has 1 aliphatic heterocycles. The third-order valence-corrected chi connectivity index (χ3v) is 6.65. The van der Waals surface area contributed by atoms with Crippen molar-refractivity contribution in [3.05, 3.63) is 65.2 Å². The maximum absolute atomic E-state index is 10.6. The molecule has 0 saturated carbocycles. The van der Waals surface area contributed by atoms with Crippen molar-refractivity contribution in [3.63, 3.8) is 0 Å². The van der Waals surface area contributed by atoms with Crippen molar-refractivity contribution >= 4 is 0 Å². The molecule has 0 aromatic heterocycles. The van der Waals surface area contributed by atoms with Gasteiger partial charge in [-0.15, -0.1) is 0 Å². The fraction of sp³-hybridized carbons (Fsp3) is 0.538. The molecule has 2 nitrogen and oxygen atoms in total. The molecule has 1 saturated heterocycles.